The van der Waals surface area contributed by atoms with Crippen LogP contribution >= 0.6 is 11.3 Å². The Morgan fingerprint density at radius 2 is 2.45 bits per heavy atom. The first-order chi connectivity index (χ1) is 9.63. The fourth-order valence-electron chi connectivity index (χ4n) is 2.62. The molecular formula is C14H17NO4S. The minimum atomic E-state index is -0.451. The summed E-state index contributed by atoms with van der Waals surface area (Å²) in [6.45, 7) is 2.65. The summed E-state index contributed by atoms with van der Waals surface area (Å²) in [6.07, 6.45) is 2.68. The second-order valence-electron chi connectivity index (χ2n) is 5.44. The molecule has 1 aliphatic heterocycles. The predicted molar refractivity (Wildman–Crippen MR) is 74.1 cm³/mol. The summed E-state index contributed by atoms with van der Waals surface area (Å²) in [5.41, 5.74) is 1.85. The van der Waals surface area contributed by atoms with Crippen molar-refractivity contribution in [2.75, 3.05) is 13.2 Å². The number of amides is 1. The van der Waals surface area contributed by atoms with E-state index in [-0.39, 0.29) is 25.2 Å². The fourth-order valence-corrected chi connectivity index (χ4v) is 3.85. The Balaban J connectivity index is 1.62. The van der Waals surface area contributed by atoms with Crippen LogP contribution in [0.1, 0.15) is 34.1 Å². The molecule has 1 aromatic rings. The molecule has 2 heterocycles. The quantitative estimate of drug-likeness (QED) is 0.868. The number of carbonyl (C=O) groups is 2. The number of hydrogen-bond acceptors (Lipinski definition) is 5. The van der Waals surface area contributed by atoms with E-state index in [0.29, 0.717) is 11.5 Å². The number of cyclic esters (lactones) is 1. The van der Waals surface area contributed by atoms with Crippen LogP contribution in [0.2, 0.25) is 0 Å². The van der Waals surface area contributed by atoms with Crippen LogP contribution in [-0.4, -0.2) is 31.3 Å². The first-order valence-electron chi connectivity index (χ1n) is 6.83. The fraction of sp³-hybridized carbons (Fsp3) is 0.571. The number of nitrogens with one attached hydrogen (secondary N) is 1. The zero-order valence-corrected chi connectivity index (χ0v) is 12.1. The second kappa shape index (κ2) is 5.44. The molecule has 1 saturated heterocycles. The summed E-state index contributed by atoms with van der Waals surface area (Å²) in [6, 6.07) is -0.235. The molecule has 0 spiro atoms. The molecule has 0 saturated carbocycles. The number of thiophene rings is 1. The third kappa shape index (κ3) is 2.65. The van der Waals surface area contributed by atoms with Gasteiger partial charge >= 0.3 is 12.1 Å². The van der Waals surface area contributed by atoms with Gasteiger partial charge in [0.1, 0.15) is 19.3 Å². The number of ether oxygens (including phenoxy) is 2. The lowest BCUT2D eigenvalue weighted by Gasteiger charge is -2.18. The van der Waals surface area contributed by atoms with E-state index in [4.69, 9.17) is 9.47 Å². The Hall–Kier alpha value is -1.56. The standard InChI is InChI=1S/C14H17NO4S/c1-8-2-3-10-11(7-20-12(10)4-8)13(16)18-5-9-6-19-14(17)15-9/h7-9H,2-6H2,1H3,(H,15,17). The van der Waals surface area contributed by atoms with Crippen molar-refractivity contribution in [1.82, 2.24) is 5.32 Å². The van der Waals surface area contributed by atoms with Gasteiger partial charge in [0, 0.05) is 10.3 Å². The molecule has 2 aliphatic rings. The van der Waals surface area contributed by atoms with Crippen LogP contribution in [0.25, 0.3) is 0 Å². The Kier molecular flexibility index (Phi) is 3.65. The highest BCUT2D eigenvalue weighted by molar-refractivity contribution is 7.10. The van der Waals surface area contributed by atoms with E-state index < -0.39 is 6.09 Å². The minimum absolute atomic E-state index is 0.158. The van der Waals surface area contributed by atoms with Crippen LogP contribution < -0.4 is 5.32 Å². The number of hydrogen-bond donors (Lipinski definition) is 1. The molecule has 2 unspecified atom stereocenters. The summed E-state index contributed by atoms with van der Waals surface area (Å²) < 4.78 is 10.0. The van der Waals surface area contributed by atoms with Gasteiger partial charge in [-0.25, -0.2) is 9.59 Å². The third-order valence-electron chi connectivity index (χ3n) is 3.77. The van der Waals surface area contributed by atoms with Crippen LogP contribution in [0.3, 0.4) is 0 Å². The smallest absolute Gasteiger partial charge is 0.407 e. The number of carbonyl (C=O) groups excluding carboxylic acids is 2. The van der Waals surface area contributed by atoms with Gasteiger partial charge in [-0.05, 0) is 30.7 Å². The molecule has 1 N–H and O–H groups in total. The van der Waals surface area contributed by atoms with Gasteiger partial charge < -0.3 is 14.8 Å². The first kappa shape index (κ1) is 13.4. The molecule has 108 valence electrons. The third-order valence-corrected chi connectivity index (χ3v) is 4.83. The lowest BCUT2D eigenvalue weighted by atomic mass is 9.88. The van der Waals surface area contributed by atoms with Crippen molar-refractivity contribution in [2.45, 2.75) is 32.2 Å². The lowest BCUT2D eigenvalue weighted by Crippen LogP contribution is -2.32. The van der Waals surface area contributed by atoms with Crippen molar-refractivity contribution in [1.29, 1.82) is 0 Å². The van der Waals surface area contributed by atoms with E-state index in [2.05, 4.69) is 12.2 Å². The van der Waals surface area contributed by atoms with Gasteiger partial charge in [0.15, 0.2) is 0 Å². The van der Waals surface area contributed by atoms with Crippen molar-refractivity contribution >= 4 is 23.4 Å². The molecule has 6 heteroatoms. The Morgan fingerprint density at radius 1 is 1.60 bits per heavy atom. The summed E-state index contributed by atoms with van der Waals surface area (Å²) >= 11 is 1.65. The molecular weight excluding hydrogens is 278 g/mol. The van der Waals surface area contributed by atoms with Gasteiger partial charge in [-0.2, -0.15) is 0 Å². The Bertz CT molecular complexity index is 539. The SMILES string of the molecule is CC1CCc2c(C(=O)OCC3COC(=O)N3)csc2C1. The molecule has 20 heavy (non-hydrogen) atoms. The van der Waals surface area contributed by atoms with Crippen molar-refractivity contribution in [3.05, 3.63) is 21.4 Å². The molecule has 5 nitrogen and oxygen atoms in total. The van der Waals surface area contributed by atoms with Crippen LogP contribution in [0.5, 0.6) is 0 Å². The molecule has 0 radical (unpaired) electrons. The lowest BCUT2D eigenvalue weighted by molar-refractivity contribution is 0.0467. The highest BCUT2D eigenvalue weighted by atomic mass is 32.1. The van der Waals surface area contributed by atoms with E-state index in [1.807, 2.05) is 5.38 Å². The van der Waals surface area contributed by atoms with Crippen LogP contribution in [0, 0.1) is 5.92 Å². The molecule has 1 amide bonds. The van der Waals surface area contributed by atoms with Crippen LogP contribution in [0.4, 0.5) is 4.79 Å². The monoisotopic (exact) mass is 295 g/mol. The topological polar surface area (TPSA) is 64.6 Å². The van der Waals surface area contributed by atoms with E-state index in [0.717, 1.165) is 24.8 Å². The van der Waals surface area contributed by atoms with Crippen LogP contribution in [-0.2, 0) is 22.3 Å². The number of esters is 1. The molecule has 2 atom stereocenters. The highest BCUT2D eigenvalue weighted by Crippen LogP contribution is 2.33. The zero-order chi connectivity index (χ0) is 14.1. The Labute approximate surface area is 121 Å². The number of alkyl carbamates (subject to hydrolysis) is 1. The van der Waals surface area contributed by atoms with Crippen molar-refractivity contribution in [3.8, 4) is 0 Å². The molecule has 0 aromatic carbocycles. The van der Waals surface area contributed by atoms with E-state index in [1.54, 1.807) is 11.3 Å². The van der Waals surface area contributed by atoms with E-state index in [1.165, 1.54) is 4.88 Å². The summed E-state index contributed by atoms with van der Waals surface area (Å²) in [5, 5.41) is 4.48. The average molecular weight is 295 g/mol. The molecule has 3 rings (SSSR count). The van der Waals surface area contributed by atoms with Crippen molar-refractivity contribution in [2.24, 2.45) is 5.92 Å². The van der Waals surface area contributed by atoms with Gasteiger partial charge in [-0.15, -0.1) is 11.3 Å². The number of rotatable bonds is 3. The second-order valence-corrected chi connectivity index (χ2v) is 6.40. The average Bonchev–Trinajstić information content (AvgIpc) is 3.01. The normalized spacial score (nSPS) is 24.8. The maximum atomic E-state index is 12.1. The van der Waals surface area contributed by atoms with Gasteiger partial charge in [0.25, 0.3) is 0 Å². The zero-order valence-electron chi connectivity index (χ0n) is 11.3. The largest absolute Gasteiger partial charge is 0.460 e. The van der Waals surface area contributed by atoms with Gasteiger partial charge in [-0.3, -0.25) is 0 Å². The van der Waals surface area contributed by atoms with Gasteiger partial charge in [-0.1, -0.05) is 6.92 Å². The van der Waals surface area contributed by atoms with Crippen molar-refractivity contribution < 1.29 is 19.1 Å². The van der Waals surface area contributed by atoms with E-state index in [9.17, 15) is 9.59 Å². The molecule has 1 aliphatic carbocycles. The highest BCUT2D eigenvalue weighted by Gasteiger charge is 2.26. The Morgan fingerprint density at radius 3 is 3.20 bits per heavy atom. The minimum Gasteiger partial charge on any atom is -0.460 e. The number of fused-ring (bicyclic) bond motifs is 1. The summed E-state index contributed by atoms with van der Waals surface area (Å²) in [7, 11) is 0. The van der Waals surface area contributed by atoms with Gasteiger partial charge in [0.05, 0.1) is 5.56 Å². The van der Waals surface area contributed by atoms with Gasteiger partial charge in [0.2, 0.25) is 0 Å². The summed E-state index contributed by atoms with van der Waals surface area (Å²) in [5.74, 6) is 0.397. The maximum Gasteiger partial charge on any atom is 0.407 e. The predicted octanol–water partition coefficient (Wildman–Crippen LogP) is 2.14. The maximum absolute atomic E-state index is 12.1. The van der Waals surface area contributed by atoms with Crippen molar-refractivity contribution in [3.63, 3.8) is 0 Å². The summed E-state index contributed by atoms with van der Waals surface area (Å²) in [4.78, 5) is 24.3. The molecule has 1 fully saturated rings. The van der Waals surface area contributed by atoms with Crippen LogP contribution in [0.15, 0.2) is 5.38 Å². The molecule has 0 bridgehead atoms. The first-order valence-corrected chi connectivity index (χ1v) is 7.71. The molecule has 1 aromatic heterocycles. The van der Waals surface area contributed by atoms with E-state index >= 15 is 0 Å².